The summed E-state index contributed by atoms with van der Waals surface area (Å²) in [6.45, 7) is 0. The number of rotatable bonds is 3. The molecule has 27 heavy (non-hydrogen) atoms. The first kappa shape index (κ1) is 18.8. The Balaban J connectivity index is 2.15. The molecule has 2 fully saturated rings. The zero-order chi connectivity index (χ0) is 19.9. The van der Waals surface area contributed by atoms with Crippen LogP contribution in [0.2, 0.25) is 10.0 Å². The van der Waals surface area contributed by atoms with E-state index in [4.69, 9.17) is 23.2 Å². The van der Waals surface area contributed by atoms with Gasteiger partial charge < -0.3 is 0 Å². The van der Waals surface area contributed by atoms with Gasteiger partial charge in [0, 0.05) is 16.0 Å². The van der Waals surface area contributed by atoms with Crippen molar-refractivity contribution >= 4 is 58.9 Å². The molecule has 0 bridgehead atoms. The zero-order valence-corrected chi connectivity index (χ0v) is 14.7. The van der Waals surface area contributed by atoms with Crippen molar-refractivity contribution in [1.82, 2.24) is 21.3 Å². The average Bonchev–Trinajstić information content (AvgIpc) is 2.52. The van der Waals surface area contributed by atoms with Crippen molar-refractivity contribution < 1.29 is 28.8 Å². The Kier molecular flexibility index (Phi) is 4.85. The number of halogens is 2. The van der Waals surface area contributed by atoms with Crippen LogP contribution in [-0.2, 0) is 19.2 Å². The topological polar surface area (TPSA) is 151 Å². The van der Waals surface area contributed by atoms with Gasteiger partial charge in [0.1, 0.15) is 11.8 Å². The first-order valence-corrected chi connectivity index (χ1v) is 8.21. The van der Waals surface area contributed by atoms with E-state index in [1.54, 1.807) is 0 Å². The normalized spacial score (nSPS) is 18.9. The second-order valence-electron chi connectivity index (χ2n) is 5.76. The number of hydrogen-bond acceptors (Lipinski definition) is 6. The Bertz CT molecular complexity index is 830. The molecule has 2 aliphatic heterocycles. The zero-order valence-electron chi connectivity index (χ0n) is 13.2. The van der Waals surface area contributed by atoms with Gasteiger partial charge in [-0.05, 0) is 17.7 Å². The highest BCUT2D eigenvalue weighted by atomic mass is 35.5. The maximum Gasteiger partial charge on any atom is 0.328 e. The molecule has 0 saturated carbocycles. The fraction of sp³-hybridized carbons (Fsp3) is 0.200. The number of nitrogens with one attached hydrogen (secondary N) is 4. The molecule has 0 unspecified atom stereocenters. The smallest absolute Gasteiger partial charge is 0.277 e. The van der Waals surface area contributed by atoms with E-state index < -0.39 is 53.4 Å². The SMILES string of the molecule is O=C1NC(=O)C(C(c2ccc(Cl)cc2Cl)C2C(=O)NC(=O)NC2=O)C(=O)N1. The molecule has 0 aliphatic carbocycles. The predicted octanol–water partition coefficient (Wildman–Crippen LogP) is 0.0414. The summed E-state index contributed by atoms with van der Waals surface area (Å²) in [5.74, 6) is -8.76. The molecule has 0 spiro atoms. The molecule has 3 rings (SSSR count). The van der Waals surface area contributed by atoms with Crippen molar-refractivity contribution in [2.24, 2.45) is 11.8 Å². The van der Waals surface area contributed by atoms with E-state index >= 15 is 0 Å². The minimum atomic E-state index is -1.64. The highest BCUT2D eigenvalue weighted by molar-refractivity contribution is 6.35. The van der Waals surface area contributed by atoms with Crippen LogP contribution in [0.25, 0.3) is 0 Å². The van der Waals surface area contributed by atoms with Gasteiger partial charge in [0.25, 0.3) is 0 Å². The average molecular weight is 413 g/mol. The molecule has 12 heteroatoms. The van der Waals surface area contributed by atoms with Gasteiger partial charge >= 0.3 is 12.1 Å². The standard InChI is InChI=1S/C15H10Cl2N4O6/c16-4-1-2-5(6(17)3-4)7(8-10(22)18-14(26)19-11(8)23)9-12(24)20-15(27)21-13(9)25/h1-3,7-9H,(H2,18,19,22,23,26)(H2,20,21,24,25,27). The van der Waals surface area contributed by atoms with Crippen LogP contribution in [0.15, 0.2) is 18.2 Å². The summed E-state index contributed by atoms with van der Waals surface area (Å²) in [5, 5.41) is 7.86. The van der Waals surface area contributed by atoms with Crippen LogP contribution in [0.4, 0.5) is 9.59 Å². The molecule has 0 radical (unpaired) electrons. The Morgan fingerprint density at radius 3 is 1.48 bits per heavy atom. The molecular formula is C15H10Cl2N4O6. The van der Waals surface area contributed by atoms with Crippen LogP contribution >= 0.6 is 23.2 Å². The third-order valence-electron chi connectivity index (χ3n) is 4.12. The van der Waals surface area contributed by atoms with Gasteiger partial charge in [-0.25, -0.2) is 9.59 Å². The number of carbonyl (C=O) groups is 6. The van der Waals surface area contributed by atoms with Gasteiger partial charge in [0.15, 0.2) is 0 Å². The molecular weight excluding hydrogens is 403 g/mol. The summed E-state index contributed by atoms with van der Waals surface area (Å²) in [6.07, 6.45) is 0. The third-order valence-corrected chi connectivity index (χ3v) is 4.68. The Morgan fingerprint density at radius 1 is 0.704 bits per heavy atom. The molecule has 8 amide bonds. The maximum absolute atomic E-state index is 12.3. The number of benzene rings is 1. The lowest BCUT2D eigenvalue weighted by atomic mass is 9.74. The molecule has 0 aromatic heterocycles. The van der Waals surface area contributed by atoms with Crippen molar-refractivity contribution in [2.75, 3.05) is 0 Å². The predicted molar refractivity (Wildman–Crippen MR) is 89.5 cm³/mol. The highest BCUT2D eigenvalue weighted by Crippen LogP contribution is 2.39. The first-order valence-electron chi connectivity index (χ1n) is 7.45. The van der Waals surface area contributed by atoms with Crippen LogP contribution in [0.5, 0.6) is 0 Å². The molecule has 10 nitrogen and oxygen atoms in total. The van der Waals surface area contributed by atoms with Gasteiger partial charge in [-0.3, -0.25) is 40.4 Å². The summed E-state index contributed by atoms with van der Waals surface area (Å²) < 4.78 is 0. The van der Waals surface area contributed by atoms with E-state index in [1.807, 2.05) is 21.3 Å². The lowest BCUT2D eigenvalue weighted by Crippen LogP contribution is -2.62. The fourth-order valence-corrected chi connectivity index (χ4v) is 3.57. The molecule has 2 aliphatic rings. The largest absolute Gasteiger partial charge is 0.328 e. The third kappa shape index (κ3) is 3.49. The van der Waals surface area contributed by atoms with Gasteiger partial charge in [-0.2, -0.15) is 0 Å². The molecule has 140 valence electrons. The van der Waals surface area contributed by atoms with Crippen LogP contribution in [0.3, 0.4) is 0 Å². The summed E-state index contributed by atoms with van der Waals surface area (Å²) in [6, 6.07) is 1.98. The monoisotopic (exact) mass is 412 g/mol. The van der Waals surface area contributed by atoms with Crippen molar-refractivity contribution in [3.63, 3.8) is 0 Å². The molecule has 0 atom stereocenters. The van der Waals surface area contributed by atoms with Crippen LogP contribution in [0.1, 0.15) is 11.5 Å². The van der Waals surface area contributed by atoms with E-state index in [9.17, 15) is 28.8 Å². The van der Waals surface area contributed by atoms with Crippen molar-refractivity contribution in [1.29, 1.82) is 0 Å². The van der Waals surface area contributed by atoms with Gasteiger partial charge in [-0.15, -0.1) is 0 Å². The van der Waals surface area contributed by atoms with Gasteiger partial charge in [-0.1, -0.05) is 29.3 Å². The minimum absolute atomic E-state index is 0.0116. The number of barbiturate groups is 2. The summed E-state index contributed by atoms with van der Waals surface area (Å²) in [5.41, 5.74) is 0.0929. The van der Waals surface area contributed by atoms with Crippen molar-refractivity contribution in [3.05, 3.63) is 33.8 Å². The first-order chi connectivity index (χ1) is 12.7. The van der Waals surface area contributed by atoms with E-state index in [-0.39, 0.29) is 15.6 Å². The van der Waals surface area contributed by atoms with Crippen LogP contribution in [-0.4, -0.2) is 35.7 Å². The van der Waals surface area contributed by atoms with Gasteiger partial charge in [0.2, 0.25) is 23.6 Å². The van der Waals surface area contributed by atoms with Crippen molar-refractivity contribution in [2.45, 2.75) is 5.92 Å². The number of hydrogen-bond donors (Lipinski definition) is 4. The van der Waals surface area contributed by atoms with Crippen LogP contribution in [0, 0.1) is 11.8 Å². The van der Waals surface area contributed by atoms with Crippen LogP contribution < -0.4 is 21.3 Å². The molecule has 4 N–H and O–H groups in total. The lowest BCUT2D eigenvalue weighted by Gasteiger charge is -2.34. The molecule has 2 heterocycles. The van der Waals surface area contributed by atoms with E-state index in [0.717, 1.165) is 0 Å². The second-order valence-corrected chi connectivity index (χ2v) is 6.61. The number of imide groups is 4. The van der Waals surface area contributed by atoms with E-state index in [0.29, 0.717) is 0 Å². The summed E-state index contributed by atoms with van der Waals surface area (Å²) >= 11 is 12.0. The fourth-order valence-electron chi connectivity index (χ4n) is 3.03. The van der Waals surface area contributed by atoms with Gasteiger partial charge in [0.05, 0.1) is 0 Å². The molecule has 1 aromatic carbocycles. The Morgan fingerprint density at radius 2 is 1.11 bits per heavy atom. The summed E-state index contributed by atoms with van der Waals surface area (Å²) in [7, 11) is 0. The van der Waals surface area contributed by atoms with E-state index in [2.05, 4.69) is 0 Å². The highest BCUT2D eigenvalue weighted by Gasteiger charge is 2.51. The minimum Gasteiger partial charge on any atom is -0.277 e. The summed E-state index contributed by atoms with van der Waals surface area (Å²) in [4.78, 5) is 72.0. The van der Waals surface area contributed by atoms with E-state index in [1.165, 1.54) is 18.2 Å². The Hall–Kier alpha value is -2.98. The number of amides is 8. The lowest BCUT2D eigenvalue weighted by molar-refractivity contribution is -0.141. The molecule has 1 aromatic rings. The second kappa shape index (κ2) is 6.97. The number of carbonyl (C=O) groups excluding carboxylic acids is 6. The number of urea groups is 2. The maximum atomic E-state index is 12.3. The Labute approximate surface area is 160 Å². The quantitative estimate of drug-likeness (QED) is 0.514. The van der Waals surface area contributed by atoms with Crippen molar-refractivity contribution in [3.8, 4) is 0 Å². The molecule has 2 saturated heterocycles.